The van der Waals surface area contributed by atoms with Gasteiger partial charge in [0, 0.05) is 6.20 Å². The van der Waals surface area contributed by atoms with Crippen LogP contribution in [0.25, 0.3) is 5.82 Å². The van der Waals surface area contributed by atoms with Gasteiger partial charge in [-0.15, -0.1) is 0 Å². The second-order valence-corrected chi connectivity index (χ2v) is 4.29. The molecule has 0 bridgehead atoms. The maximum absolute atomic E-state index is 4.52. The van der Waals surface area contributed by atoms with Gasteiger partial charge in [-0.05, 0) is 30.8 Å². The molecule has 0 amide bonds. The van der Waals surface area contributed by atoms with Crippen LogP contribution in [0, 0.1) is 0 Å². The quantitative estimate of drug-likeness (QED) is 0.736. The third-order valence-corrected chi connectivity index (χ3v) is 3.06. The molecule has 0 radical (unpaired) electrons. The SMILES string of the molecule is CCc1cnn(-c2cccc(PC)n2)c1. The summed E-state index contributed by atoms with van der Waals surface area (Å²) in [5, 5.41) is 4.29. The molecule has 0 fully saturated rings. The summed E-state index contributed by atoms with van der Waals surface area (Å²) >= 11 is 0. The van der Waals surface area contributed by atoms with Crippen molar-refractivity contribution >= 4 is 14.0 Å². The Morgan fingerprint density at radius 2 is 2.27 bits per heavy atom. The second kappa shape index (κ2) is 4.54. The molecule has 78 valence electrons. The van der Waals surface area contributed by atoms with Gasteiger partial charge in [-0.25, -0.2) is 9.67 Å². The van der Waals surface area contributed by atoms with E-state index in [-0.39, 0.29) is 0 Å². The van der Waals surface area contributed by atoms with Gasteiger partial charge in [-0.2, -0.15) is 5.10 Å². The van der Waals surface area contributed by atoms with Gasteiger partial charge in [0.05, 0.1) is 11.6 Å². The highest BCUT2D eigenvalue weighted by atomic mass is 31.1. The van der Waals surface area contributed by atoms with Crippen molar-refractivity contribution in [3.8, 4) is 5.82 Å². The zero-order chi connectivity index (χ0) is 10.7. The molecule has 0 aliphatic heterocycles. The van der Waals surface area contributed by atoms with Crippen LogP contribution in [0.4, 0.5) is 0 Å². The van der Waals surface area contributed by atoms with Gasteiger partial charge < -0.3 is 0 Å². The Morgan fingerprint density at radius 3 is 2.93 bits per heavy atom. The van der Waals surface area contributed by atoms with E-state index in [9.17, 15) is 0 Å². The Balaban J connectivity index is 2.35. The number of aryl methyl sites for hydroxylation is 1. The molecule has 2 aromatic heterocycles. The molecule has 0 N–H and O–H groups in total. The molecule has 2 aromatic rings. The lowest BCUT2D eigenvalue weighted by molar-refractivity contribution is 0.850. The van der Waals surface area contributed by atoms with E-state index < -0.39 is 0 Å². The Bertz CT molecular complexity index is 451. The highest BCUT2D eigenvalue weighted by molar-refractivity contribution is 7.45. The van der Waals surface area contributed by atoms with Gasteiger partial charge in [0.1, 0.15) is 0 Å². The summed E-state index contributed by atoms with van der Waals surface area (Å²) in [4.78, 5) is 4.52. The molecule has 1 unspecified atom stereocenters. The molecule has 0 aliphatic carbocycles. The minimum Gasteiger partial charge on any atom is -0.229 e. The molecule has 0 spiro atoms. The predicted molar refractivity (Wildman–Crippen MR) is 64.6 cm³/mol. The zero-order valence-corrected chi connectivity index (χ0v) is 9.94. The number of hydrogen-bond acceptors (Lipinski definition) is 2. The fourth-order valence-corrected chi connectivity index (χ4v) is 1.85. The predicted octanol–water partition coefficient (Wildman–Crippen LogP) is 1.76. The smallest absolute Gasteiger partial charge is 0.153 e. The van der Waals surface area contributed by atoms with E-state index in [4.69, 9.17) is 0 Å². The Hall–Kier alpha value is -1.21. The number of nitrogens with zero attached hydrogens (tertiary/aromatic N) is 3. The molecule has 2 rings (SSSR count). The average Bonchev–Trinajstić information content (AvgIpc) is 2.78. The van der Waals surface area contributed by atoms with Gasteiger partial charge in [-0.1, -0.05) is 21.6 Å². The van der Waals surface area contributed by atoms with Crippen molar-refractivity contribution in [2.24, 2.45) is 0 Å². The lowest BCUT2D eigenvalue weighted by Crippen LogP contribution is -2.06. The van der Waals surface area contributed by atoms with E-state index in [0.717, 1.165) is 26.3 Å². The molecule has 0 saturated carbocycles. The monoisotopic (exact) mass is 219 g/mol. The van der Waals surface area contributed by atoms with Gasteiger partial charge >= 0.3 is 0 Å². The Kier molecular flexibility index (Phi) is 3.12. The van der Waals surface area contributed by atoms with E-state index in [2.05, 4.69) is 23.7 Å². The summed E-state index contributed by atoms with van der Waals surface area (Å²) in [7, 11) is 0.726. The van der Waals surface area contributed by atoms with Crippen molar-refractivity contribution < 1.29 is 0 Å². The summed E-state index contributed by atoms with van der Waals surface area (Å²) < 4.78 is 1.84. The molecule has 0 saturated heterocycles. The second-order valence-electron chi connectivity index (χ2n) is 3.28. The topological polar surface area (TPSA) is 30.7 Å². The van der Waals surface area contributed by atoms with E-state index in [1.54, 1.807) is 0 Å². The van der Waals surface area contributed by atoms with Crippen LogP contribution < -0.4 is 5.44 Å². The maximum atomic E-state index is 4.52. The first-order valence-electron chi connectivity index (χ1n) is 5.02. The van der Waals surface area contributed by atoms with Crippen LogP contribution >= 0.6 is 8.58 Å². The first-order valence-corrected chi connectivity index (χ1v) is 6.52. The Morgan fingerprint density at radius 1 is 1.40 bits per heavy atom. The fraction of sp³-hybridized carbons (Fsp3) is 0.273. The standard InChI is InChI=1S/C11H14N3P/c1-3-9-7-12-14(8-9)10-5-4-6-11(13-10)15-2/h4-8,15H,3H2,1-2H3. The number of aromatic nitrogens is 3. The van der Waals surface area contributed by atoms with Gasteiger partial charge in [-0.3, -0.25) is 0 Å². The molecule has 4 heteroatoms. The van der Waals surface area contributed by atoms with Crippen molar-refractivity contribution in [3.05, 3.63) is 36.2 Å². The number of hydrogen-bond donors (Lipinski definition) is 0. The van der Waals surface area contributed by atoms with Crippen LogP contribution in [-0.2, 0) is 6.42 Å². The van der Waals surface area contributed by atoms with Crippen LogP contribution in [0.2, 0.25) is 0 Å². The first-order chi connectivity index (χ1) is 7.33. The molecule has 2 heterocycles. The van der Waals surface area contributed by atoms with Crippen LogP contribution in [-0.4, -0.2) is 21.4 Å². The molecule has 3 nitrogen and oxygen atoms in total. The van der Waals surface area contributed by atoms with Crippen molar-refractivity contribution in [2.45, 2.75) is 13.3 Å². The third kappa shape index (κ3) is 2.24. The van der Waals surface area contributed by atoms with E-state index in [1.807, 2.05) is 35.3 Å². The van der Waals surface area contributed by atoms with Crippen LogP contribution in [0.15, 0.2) is 30.6 Å². The fourth-order valence-electron chi connectivity index (χ4n) is 1.36. The molecule has 1 atom stereocenters. The van der Waals surface area contributed by atoms with E-state index >= 15 is 0 Å². The molecule has 15 heavy (non-hydrogen) atoms. The minimum absolute atomic E-state index is 0.726. The van der Waals surface area contributed by atoms with Crippen LogP contribution in [0.3, 0.4) is 0 Å². The van der Waals surface area contributed by atoms with Gasteiger partial charge in [0.2, 0.25) is 0 Å². The zero-order valence-electron chi connectivity index (χ0n) is 8.94. The minimum atomic E-state index is 0.726. The normalized spacial score (nSPS) is 11.3. The summed E-state index contributed by atoms with van der Waals surface area (Å²) in [6.45, 7) is 4.26. The molecular weight excluding hydrogens is 205 g/mol. The molecule has 0 aliphatic rings. The average molecular weight is 219 g/mol. The first kappa shape index (κ1) is 10.3. The largest absolute Gasteiger partial charge is 0.229 e. The van der Waals surface area contributed by atoms with Gasteiger partial charge in [0.25, 0.3) is 0 Å². The maximum Gasteiger partial charge on any atom is 0.153 e. The number of pyridine rings is 1. The summed E-state index contributed by atoms with van der Waals surface area (Å²) in [5.41, 5.74) is 2.36. The van der Waals surface area contributed by atoms with Gasteiger partial charge in [0.15, 0.2) is 5.82 Å². The highest BCUT2D eigenvalue weighted by Crippen LogP contribution is 2.07. The third-order valence-electron chi connectivity index (χ3n) is 2.27. The van der Waals surface area contributed by atoms with Crippen LogP contribution in [0.1, 0.15) is 12.5 Å². The summed E-state index contributed by atoms with van der Waals surface area (Å²) in [5.74, 6) is 0.904. The lowest BCUT2D eigenvalue weighted by atomic mass is 10.3. The lowest BCUT2D eigenvalue weighted by Gasteiger charge is -2.01. The van der Waals surface area contributed by atoms with Crippen molar-refractivity contribution in [2.75, 3.05) is 6.66 Å². The van der Waals surface area contributed by atoms with Crippen molar-refractivity contribution in [1.29, 1.82) is 0 Å². The van der Waals surface area contributed by atoms with Crippen molar-refractivity contribution in [3.63, 3.8) is 0 Å². The van der Waals surface area contributed by atoms with E-state index in [0.29, 0.717) is 0 Å². The van der Waals surface area contributed by atoms with Crippen LogP contribution in [0.5, 0.6) is 0 Å². The van der Waals surface area contributed by atoms with Crippen molar-refractivity contribution in [1.82, 2.24) is 14.8 Å². The highest BCUT2D eigenvalue weighted by Gasteiger charge is 2.01. The summed E-state index contributed by atoms with van der Waals surface area (Å²) in [6, 6.07) is 6.06. The molecule has 0 aromatic carbocycles. The van der Waals surface area contributed by atoms with E-state index in [1.165, 1.54) is 5.56 Å². The summed E-state index contributed by atoms with van der Waals surface area (Å²) in [6.07, 6.45) is 4.93. The Labute approximate surface area is 91.3 Å². The number of rotatable bonds is 3. The molecular formula is C11H14N3P.